The Hall–Kier alpha value is -2.41. The van der Waals surface area contributed by atoms with Crippen LogP contribution in [0.5, 0.6) is 17.2 Å². The van der Waals surface area contributed by atoms with Gasteiger partial charge in [-0.05, 0) is 24.3 Å². The van der Waals surface area contributed by atoms with Crippen LogP contribution in [-0.4, -0.2) is 34.8 Å². The number of rotatable bonds is 2. The number of nitrogens with zero attached hydrogens (tertiary/aromatic N) is 1. The molecule has 0 aromatic heterocycles. The zero-order valence-electron chi connectivity index (χ0n) is 13.0. The first-order valence-corrected chi connectivity index (χ1v) is 9.24. The summed E-state index contributed by atoms with van der Waals surface area (Å²) in [5.74, 6) is 1.62. The molecule has 0 N–H and O–H groups in total. The maximum absolute atomic E-state index is 13.1. The second-order valence-corrected chi connectivity index (χ2v) is 7.41. The van der Waals surface area contributed by atoms with Crippen molar-refractivity contribution in [2.24, 2.45) is 0 Å². The molecule has 0 amide bonds. The minimum atomic E-state index is -3.70. The summed E-state index contributed by atoms with van der Waals surface area (Å²) in [5, 5.41) is 0. The highest BCUT2D eigenvalue weighted by Crippen LogP contribution is 2.37. The lowest BCUT2D eigenvalue weighted by Gasteiger charge is -2.30. The molecule has 2 aromatic carbocycles. The molecular weight excluding hydrogens is 330 g/mol. The van der Waals surface area contributed by atoms with Crippen molar-refractivity contribution < 1.29 is 22.6 Å². The number of benzene rings is 2. The Morgan fingerprint density at radius 3 is 2.46 bits per heavy atom. The van der Waals surface area contributed by atoms with Crippen LogP contribution in [0.25, 0.3) is 0 Å². The van der Waals surface area contributed by atoms with Gasteiger partial charge in [0.05, 0.1) is 30.3 Å². The topological polar surface area (TPSA) is 65.1 Å². The summed E-state index contributed by atoms with van der Waals surface area (Å²) in [6.07, 6.45) is 0.771. The van der Waals surface area contributed by atoms with Crippen molar-refractivity contribution in [1.29, 1.82) is 0 Å². The van der Waals surface area contributed by atoms with Gasteiger partial charge in [0.25, 0.3) is 10.0 Å². The predicted molar refractivity (Wildman–Crippen MR) is 88.5 cm³/mol. The van der Waals surface area contributed by atoms with Gasteiger partial charge in [-0.3, -0.25) is 4.31 Å². The molecule has 0 bridgehead atoms. The molecule has 0 radical (unpaired) electrons. The molecule has 0 saturated carbocycles. The van der Waals surface area contributed by atoms with E-state index in [9.17, 15) is 8.42 Å². The lowest BCUT2D eigenvalue weighted by molar-refractivity contribution is 0.297. The first-order chi connectivity index (χ1) is 11.7. The summed E-state index contributed by atoms with van der Waals surface area (Å²) in [5.41, 5.74) is 0.552. The van der Waals surface area contributed by atoms with E-state index in [2.05, 4.69) is 0 Å². The van der Waals surface area contributed by atoms with E-state index in [1.807, 2.05) is 6.07 Å². The van der Waals surface area contributed by atoms with E-state index in [1.165, 1.54) is 10.4 Å². The summed E-state index contributed by atoms with van der Waals surface area (Å²) in [7, 11) is -3.70. The van der Waals surface area contributed by atoms with Crippen LogP contribution >= 0.6 is 0 Å². The van der Waals surface area contributed by atoms with Gasteiger partial charge in [0.15, 0.2) is 11.5 Å². The lowest BCUT2D eigenvalue weighted by Crippen LogP contribution is -2.37. The number of hydrogen-bond acceptors (Lipinski definition) is 5. The molecule has 126 valence electrons. The Morgan fingerprint density at radius 2 is 1.58 bits per heavy atom. The molecule has 0 aliphatic carbocycles. The van der Waals surface area contributed by atoms with Crippen LogP contribution in [-0.2, 0) is 10.0 Å². The van der Waals surface area contributed by atoms with Gasteiger partial charge in [-0.15, -0.1) is 0 Å². The Bertz CT molecular complexity index is 865. The fourth-order valence-electron chi connectivity index (χ4n) is 2.83. The number of fused-ring (bicyclic) bond motifs is 2. The number of para-hydroxylation sites is 2. The molecule has 6 nitrogen and oxygen atoms in total. The van der Waals surface area contributed by atoms with Crippen LogP contribution in [0.3, 0.4) is 0 Å². The Kier molecular flexibility index (Phi) is 3.72. The smallest absolute Gasteiger partial charge is 0.264 e. The second-order valence-electron chi connectivity index (χ2n) is 5.55. The highest BCUT2D eigenvalue weighted by Gasteiger charge is 2.30. The van der Waals surface area contributed by atoms with Crippen molar-refractivity contribution in [2.45, 2.75) is 11.3 Å². The monoisotopic (exact) mass is 347 g/mol. The molecule has 24 heavy (non-hydrogen) atoms. The summed E-state index contributed by atoms with van der Waals surface area (Å²) in [6, 6.07) is 11.9. The van der Waals surface area contributed by atoms with E-state index in [4.69, 9.17) is 14.2 Å². The number of ether oxygens (including phenoxy) is 3. The second kappa shape index (κ2) is 5.90. The minimum Gasteiger partial charge on any atom is -0.490 e. The van der Waals surface area contributed by atoms with Gasteiger partial charge in [0.1, 0.15) is 12.4 Å². The average Bonchev–Trinajstić information content (AvgIpc) is 2.86. The molecule has 0 spiro atoms. The van der Waals surface area contributed by atoms with Crippen LogP contribution in [0, 0.1) is 0 Å². The standard InChI is InChI=1S/C17H17NO5S/c19-24(20,18-8-11-23-15-5-2-1-4-14(15)18)13-6-7-16-17(12-13)22-10-3-9-21-16/h1-2,4-7,12H,3,8-11H2. The molecule has 2 aliphatic rings. The van der Waals surface area contributed by atoms with Gasteiger partial charge in [0.2, 0.25) is 0 Å². The third-order valence-corrected chi connectivity index (χ3v) is 5.80. The number of anilines is 1. The fourth-order valence-corrected chi connectivity index (χ4v) is 4.30. The maximum Gasteiger partial charge on any atom is 0.264 e. The Morgan fingerprint density at radius 1 is 0.833 bits per heavy atom. The molecule has 7 heteroatoms. The molecule has 0 atom stereocenters. The van der Waals surface area contributed by atoms with E-state index in [-0.39, 0.29) is 11.4 Å². The zero-order chi connectivity index (χ0) is 16.6. The van der Waals surface area contributed by atoms with Crippen molar-refractivity contribution in [3.8, 4) is 17.2 Å². The summed E-state index contributed by atoms with van der Waals surface area (Å²) in [4.78, 5) is 0.184. The van der Waals surface area contributed by atoms with Crippen molar-refractivity contribution in [2.75, 3.05) is 30.7 Å². The van der Waals surface area contributed by atoms with E-state index in [0.717, 1.165) is 6.42 Å². The Balaban J connectivity index is 1.75. The third-order valence-electron chi connectivity index (χ3n) is 3.99. The van der Waals surface area contributed by atoms with Crippen LogP contribution < -0.4 is 18.5 Å². The first kappa shape index (κ1) is 15.1. The highest BCUT2D eigenvalue weighted by molar-refractivity contribution is 7.92. The van der Waals surface area contributed by atoms with E-state index >= 15 is 0 Å². The molecule has 0 fully saturated rings. The third kappa shape index (κ3) is 2.54. The average molecular weight is 347 g/mol. The van der Waals surface area contributed by atoms with Gasteiger partial charge in [-0.2, -0.15) is 0 Å². The van der Waals surface area contributed by atoms with Crippen LogP contribution in [0.1, 0.15) is 6.42 Å². The molecule has 0 saturated heterocycles. The predicted octanol–water partition coefficient (Wildman–Crippen LogP) is 2.44. The van der Waals surface area contributed by atoms with Gasteiger partial charge >= 0.3 is 0 Å². The molecular formula is C17H17NO5S. The molecule has 0 unspecified atom stereocenters. The van der Waals surface area contributed by atoms with Crippen LogP contribution in [0.4, 0.5) is 5.69 Å². The summed E-state index contributed by atoms with van der Waals surface area (Å²) < 4.78 is 44.3. The van der Waals surface area contributed by atoms with E-state index in [0.29, 0.717) is 42.8 Å². The highest BCUT2D eigenvalue weighted by atomic mass is 32.2. The van der Waals surface area contributed by atoms with Crippen molar-refractivity contribution in [1.82, 2.24) is 0 Å². The summed E-state index contributed by atoms with van der Waals surface area (Å²) in [6.45, 7) is 1.67. The number of sulfonamides is 1. The van der Waals surface area contributed by atoms with Gasteiger partial charge < -0.3 is 14.2 Å². The molecule has 2 heterocycles. The lowest BCUT2D eigenvalue weighted by atomic mass is 10.2. The molecule has 4 rings (SSSR count). The van der Waals surface area contributed by atoms with Gasteiger partial charge in [-0.1, -0.05) is 12.1 Å². The largest absolute Gasteiger partial charge is 0.490 e. The van der Waals surface area contributed by atoms with Gasteiger partial charge in [0, 0.05) is 12.5 Å². The van der Waals surface area contributed by atoms with Crippen LogP contribution in [0.15, 0.2) is 47.4 Å². The van der Waals surface area contributed by atoms with Gasteiger partial charge in [-0.25, -0.2) is 8.42 Å². The normalized spacial score (nSPS) is 16.8. The molecule has 2 aromatic rings. The first-order valence-electron chi connectivity index (χ1n) is 7.80. The SMILES string of the molecule is O=S(=O)(c1ccc2c(c1)OCCCO2)N1CCOc2ccccc21. The summed E-state index contributed by atoms with van der Waals surface area (Å²) >= 11 is 0. The maximum atomic E-state index is 13.1. The molecule has 2 aliphatic heterocycles. The van der Waals surface area contributed by atoms with Crippen molar-refractivity contribution >= 4 is 15.7 Å². The quantitative estimate of drug-likeness (QED) is 0.835. The van der Waals surface area contributed by atoms with Crippen molar-refractivity contribution in [3.05, 3.63) is 42.5 Å². The Labute approximate surface area is 140 Å². The van der Waals surface area contributed by atoms with Crippen LogP contribution in [0.2, 0.25) is 0 Å². The van der Waals surface area contributed by atoms with E-state index in [1.54, 1.807) is 30.3 Å². The van der Waals surface area contributed by atoms with E-state index < -0.39 is 10.0 Å². The minimum absolute atomic E-state index is 0.184. The fraction of sp³-hybridized carbons (Fsp3) is 0.294. The number of hydrogen-bond donors (Lipinski definition) is 0. The zero-order valence-corrected chi connectivity index (χ0v) is 13.8. The van der Waals surface area contributed by atoms with Crippen molar-refractivity contribution in [3.63, 3.8) is 0 Å².